The number of phosphoric acid groups is 2. The summed E-state index contributed by atoms with van der Waals surface area (Å²) < 4.78 is 68.9. The van der Waals surface area contributed by atoms with Crippen molar-refractivity contribution < 1.29 is 80.2 Å². The molecular weight excluding hydrogens is 1390 g/mol. The Morgan fingerprint density at radius 1 is 0.271 bits per heavy atom. The Labute approximate surface area is 658 Å². The normalized spacial score (nSPS) is 14.1. The second kappa shape index (κ2) is 78.0. The lowest BCUT2D eigenvalue weighted by Crippen LogP contribution is -2.30. The Kier molecular flexibility index (Phi) is 76.6. The van der Waals surface area contributed by atoms with Crippen LogP contribution in [-0.2, 0) is 65.4 Å². The van der Waals surface area contributed by atoms with Gasteiger partial charge in [-0.2, -0.15) is 0 Å². The smallest absolute Gasteiger partial charge is 0.462 e. The quantitative estimate of drug-likeness (QED) is 0.0222. The maximum atomic E-state index is 13.2. The maximum Gasteiger partial charge on any atom is 0.472 e. The molecule has 0 fully saturated rings. The molecule has 107 heavy (non-hydrogen) atoms. The van der Waals surface area contributed by atoms with Gasteiger partial charge in [-0.15, -0.1) is 0 Å². The largest absolute Gasteiger partial charge is 0.472 e. The van der Waals surface area contributed by atoms with Crippen LogP contribution in [-0.4, -0.2) is 96.7 Å². The van der Waals surface area contributed by atoms with Crippen LogP contribution in [0.5, 0.6) is 0 Å². The first-order valence-electron chi connectivity index (χ1n) is 45.4. The van der Waals surface area contributed by atoms with E-state index >= 15 is 0 Å². The van der Waals surface area contributed by atoms with Gasteiger partial charge in [0.05, 0.1) is 26.4 Å². The average Bonchev–Trinajstić information content (AvgIpc) is 0.912. The number of rotatable bonds is 86. The first-order valence-corrected chi connectivity index (χ1v) is 48.4. The van der Waals surface area contributed by atoms with Crippen LogP contribution < -0.4 is 0 Å². The zero-order valence-electron chi connectivity index (χ0n) is 70.6. The van der Waals surface area contributed by atoms with Gasteiger partial charge < -0.3 is 33.8 Å². The lowest BCUT2D eigenvalue weighted by atomic mass is 9.99. The molecule has 3 N–H and O–H groups in total. The van der Waals surface area contributed by atoms with Crippen molar-refractivity contribution in [2.24, 2.45) is 17.8 Å². The number of hydrogen-bond donors (Lipinski definition) is 3. The second-order valence-electron chi connectivity index (χ2n) is 32.8. The highest BCUT2D eigenvalue weighted by Gasteiger charge is 2.31. The predicted molar refractivity (Wildman–Crippen MR) is 441 cm³/mol. The third kappa shape index (κ3) is 80.5. The zero-order valence-corrected chi connectivity index (χ0v) is 72.4. The van der Waals surface area contributed by atoms with Gasteiger partial charge in [-0.1, -0.05) is 414 Å². The van der Waals surface area contributed by atoms with Crippen molar-refractivity contribution in [3.05, 3.63) is 0 Å². The number of carbonyl (C=O) groups excluding carboxylic acids is 4. The number of hydrogen-bond acceptors (Lipinski definition) is 15. The molecule has 0 aromatic heterocycles. The van der Waals surface area contributed by atoms with Crippen molar-refractivity contribution in [3.63, 3.8) is 0 Å². The molecule has 0 aromatic carbocycles. The molecule has 19 heteroatoms. The summed E-state index contributed by atoms with van der Waals surface area (Å²) in [7, 11) is -9.93. The fraction of sp³-hybridized carbons (Fsp3) is 0.955. The number of esters is 4. The molecule has 0 aliphatic heterocycles. The topological polar surface area (TPSA) is 237 Å². The van der Waals surface area contributed by atoms with Gasteiger partial charge in [0, 0.05) is 25.7 Å². The minimum absolute atomic E-state index is 0.108. The van der Waals surface area contributed by atoms with E-state index < -0.39 is 97.5 Å². The molecule has 17 nitrogen and oxygen atoms in total. The van der Waals surface area contributed by atoms with Gasteiger partial charge >= 0.3 is 39.5 Å². The molecule has 0 saturated carbocycles. The summed E-state index contributed by atoms with van der Waals surface area (Å²) in [6.45, 7) is 12.0. The minimum Gasteiger partial charge on any atom is -0.462 e. The Morgan fingerprint density at radius 3 is 0.710 bits per heavy atom. The average molecular weight is 1560 g/mol. The standard InChI is InChI=1S/C88H172O17P2/c1-8-10-11-12-13-14-15-16-17-18-22-25-32-37-42-49-57-65-72-88(93)105-84(76-99-86(91)70-63-56-51-44-46-53-60-67-80(5)6)78-103-107(96,97)101-74-82(89)73-100-106(94,95)102-77-83(75-98-85(90)69-62-55-48-41-36-31-28-27-30-35-40-47-54-61-68-81(7)9-2)104-87(92)71-64-58-50-43-38-33-26-23-20-19-21-24-29-34-39-45-52-59-66-79(3)4/h79-84,89H,8-78H2,1-7H3,(H,94,95)(H,96,97)/t81?,82-,83-,84-/m1/s1. The summed E-state index contributed by atoms with van der Waals surface area (Å²) in [6, 6.07) is 0. The molecule has 0 amide bonds. The van der Waals surface area contributed by atoms with Gasteiger partial charge in [-0.3, -0.25) is 37.3 Å². The van der Waals surface area contributed by atoms with E-state index in [2.05, 4.69) is 48.5 Å². The van der Waals surface area contributed by atoms with E-state index in [1.165, 1.54) is 270 Å². The zero-order chi connectivity index (χ0) is 78.6. The molecule has 636 valence electrons. The van der Waals surface area contributed by atoms with Crippen molar-refractivity contribution in [2.45, 2.75) is 484 Å². The van der Waals surface area contributed by atoms with Crippen molar-refractivity contribution in [2.75, 3.05) is 39.6 Å². The lowest BCUT2D eigenvalue weighted by molar-refractivity contribution is -0.161. The van der Waals surface area contributed by atoms with Crippen LogP contribution in [0.1, 0.15) is 466 Å². The summed E-state index contributed by atoms with van der Waals surface area (Å²) in [5.41, 5.74) is 0. The second-order valence-corrected chi connectivity index (χ2v) is 35.7. The lowest BCUT2D eigenvalue weighted by Gasteiger charge is -2.21. The highest BCUT2D eigenvalue weighted by Crippen LogP contribution is 2.45. The van der Waals surface area contributed by atoms with Crippen molar-refractivity contribution in [3.8, 4) is 0 Å². The van der Waals surface area contributed by atoms with E-state index in [1.807, 2.05) is 0 Å². The van der Waals surface area contributed by atoms with Crippen LogP contribution in [0.4, 0.5) is 0 Å². The van der Waals surface area contributed by atoms with Gasteiger partial charge in [0.2, 0.25) is 0 Å². The summed E-state index contributed by atoms with van der Waals surface area (Å²) in [6.07, 6.45) is 69.5. The van der Waals surface area contributed by atoms with E-state index in [9.17, 15) is 43.2 Å². The van der Waals surface area contributed by atoms with Gasteiger partial charge in [-0.25, -0.2) is 9.13 Å². The van der Waals surface area contributed by atoms with Crippen LogP contribution in [0.15, 0.2) is 0 Å². The van der Waals surface area contributed by atoms with E-state index in [-0.39, 0.29) is 25.7 Å². The van der Waals surface area contributed by atoms with Crippen LogP contribution in [0.25, 0.3) is 0 Å². The van der Waals surface area contributed by atoms with E-state index in [0.717, 1.165) is 108 Å². The monoisotopic (exact) mass is 1560 g/mol. The molecule has 6 atom stereocenters. The maximum absolute atomic E-state index is 13.2. The number of unbranched alkanes of at least 4 members (excludes halogenated alkanes) is 53. The molecule has 0 spiro atoms. The number of carbonyl (C=O) groups is 4. The summed E-state index contributed by atoms with van der Waals surface area (Å²) in [4.78, 5) is 73.3. The third-order valence-corrected chi connectivity index (χ3v) is 22.9. The van der Waals surface area contributed by atoms with Gasteiger partial charge in [0.25, 0.3) is 0 Å². The van der Waals surface area contributed by atoms with Crippen molar-refractivity contribution in [1.29, 1.82) is 0 Å². The third-order valence-electron chi connectivity index (χ3n) is 21.0. The Balaban J connectivity index is 5.23. The molecule has 0 aromatic rings. The van der Waals surface area contributed by atoms with Crippen molar-refractivity contribution >= 4 is 39.5 Å². The Bertz CT molecular complexity index is 2060. The van der Waals surface area contributed by atoms with Crippen LogP contribution in [0.2, 0.25) is 0 Å². The summed E-state index contributed by atoms with van der Waals surface area (Å²) >= 11 is 0. The van der Waals surface area contributed by atoms with E-state index in [0.29, 0.717) is 31.6 Å². The first-order chi connectivity index (χ1) is 51.8. The molecule has 0 bridgehead atoms. The molecule has 3 unspecified atom stereocenters. The molecule has 0 radical (unpaired) electrons. The van der Waals surface area contributed by atoms with E-state index in [1.54, 1.807) is 0 Å². The van der Waals surface area contributed by atoms with Gasteiger partial charge in [0.15, 0.2) is 12.2 Å². The van der Waals surface area contributed by atoms with Crippen LogP contribution in [0, 0.1) is 17.8 Å². The fourth-order valence-corrected chi connectivity index (χ4v) is 15.3. The molecule has 0 rings (SSSR count). The van der Waals surface area contributed by atoms with Gasteiger partial charge in [-0.05, 0) is 43.4 Å². The number of phosphoric ester groups is 2. The van der Waals surface area contributed by atoms with E-state index in [4.69, 9.17) is 37.0 Å². The SMILES string of the molecule is CCCCCCCCCCCCCCCCCCCCC(=O)O[C@H](COC(=O)CCCCCCCCCC(C)C)COP(=O)(O)OC[C@H](O)COP(=O)(O)OC[C@@H](COC(=O)CCCCCCCCCCCCCCCCC(C)CC)OC(=O)CCCCCCCCCCCCCCCCCCCCC(C)C. The first kappa shape index (κ1) is 105. The number of aliphatic hydroxyl groups is 1. The predicted octanol–water partition coefficient (Wildman–Crippen LogP) is 26.9. The highest BCUT2D eigenvalue weighted by molar-refractivity contribution is 7.47. The molecule has 0 saturated heterocycles. The highest BCUT2D eigenvalue weighted by atomic mass is 31.2. The molecule has 0 heterocycles. The van der Waals surface area contributed by atoms with Crippen LogP contribution >= 0.6 is 15.6 Å². The number of aliphatic hydroxyl groups excluding tert-OH is 1. The summed E-state index contributed by atoms with van der Waals surface area (Å²) in [5.74, 6) is 0.272. The molecule has 0 aliphatic carbocycles. The Morgan fingerprint density at radius 2 is 0.477 bits per heavy atom. The van der Waals surface area contributed by atoms with Crippen molar-refractivity contribution in [1.82, 2.24) is 0 Å². The fourth-order valence-electron chi connectivity index (χ4n) is 13.7. The number of ether oxygens (including phenoxy) is 4. The van der Waals surface area contributed by atoms with Gasteiger partial charge in [0.1, 0.15) is 19.3 Å². The molecular formula is C88H172O17P2. The van der Waals surface area contributed by atoms with Crippen LogP contribution in [0.3, 0.4) is 0 Å². The molecule has 0 aliphatic rings. The Hall–Kier alpha value is -1.94. The minimum atomic E-state index is -4.97. The summed E-state index contributed by atoms with van der Waals surface area (Å²) in [5, 5.41) is 10.7.